The lowest BCUT2D eigenvalue weighted by atomic mass is 9.98. The first-order valence-corrected chi connectivity index (χ1v) is 13.5. The van der Waals surface area contributed by atoms with Gasteiger partial charge in [0, 0.05) is 36.4 Å². The molecule has 3 aromatic carbocycles. The Morgan fingerprint density at radius 3 is 2.53 bits per heavy atom. The van der Waals surface area contributed by atoms with Gasteiger partial charge in [-0.15, -0.1) is 0 Å². The van der Waals surface area contributed by atoms with E-state index in [1.807, 2.05) is 6.07 Å². The number of anilines is 1. The van der Waals surface area contributed by atoms with Crippen molar-refractivity contribution < 1.29 is 13.2 Å². The van der Waals surface area contributed by atoms with Gasteiger partial charge < -0.3 is 4.90 Å². The Balaban J connectivity index is 1.32. The maximum absolute atomic E-state index is 13.2. The van der Waals surface area contributed by atoms with Gasteiger partial charge in [0.1, 0.15) is 6.04 Å². The van der Waals surface area contributed by atoms with E-state index < -0.39 is 16.1 Å². The van der Waals surface area contributed by atoms with Gasteiger partial charge >= 0.3 is 0 Å². The van der Waals surface area contributed by atoms with Gasteiger partial charge in [-0.2, -0.15) is 4.72 Å². The van der Waals surface area contributed by atoms with E-state index in [9.17, 15) is 13.2 Å². The fourth-order valence-corrected chi connectivity index (χ4v) is 6.27. The van der Waals surface area contributed by atoms with Crippen molar-refractivity contribution in [3.05, 3.63) is 70.7 Å². The molecule has 0 radical (unpaired) electrons. The van der Waals surface area contributed by atoms with Crippen LogP contribution in [-0.4, -0.2) is 44.4 Å². The van der Waals surface area contributed by atoms with Crippen molar-refractivity contribution in [2.45, 2.75) is 50.2 Å². The Bertz CT molecular complexity index is 1370. The van der Waals surface area contributed by atoms with Crippen molar-refractivity contribution >= 4 is 44.0 Å². The number of nitrogens with zero attached hydrogens (tertiary/aromatic N) is 2. The second kappa shape index (κ2) is 8.96. The summed E-state index contributed by atoms with van der Waals surface area (Å²) >= 11 is 6.03. The number of hydrogen-bond acceptors (Lipinski definition) is 4. The largest absolute Gasteiger partial charge is 0.311 e. The minimum atomic E-state index is -3.85. The number of carbonyl (C=O) groups excluding carboxylic acids is 1. The van der Waals surface area contributed by atoms with Crippen LogP contribution in [0.2, 0.25) is 5.02 Å². The van der Waals surface area contributed by atoms with Crippen LogP contribution < -0.4 is 9.62 Å². The third kappa shape index (κ3) is 4.45. The van der Waals surface area contributed by atoms with Crippen molar-refractivity contribution in [3.8, 4) is 0 Å². The van der Waals surface area contributed by atoms with Gasteiger partial charge in [-0.3, -0.25) is 9.69 Å². The summed E-state index contributed by atoms with van der Waals surface area (Å²) in [7, 11) is -3.85. The minimum absolute atomic E-state index is 0.136. The average molecular weight is 498 g/mol. The van der Waals surface area contributed by atoms with Crippen LogP contribution in [0.25, 0.3) is 10.8 Å². The summed E-state index contributed by atoms with van der Waals surface area (Å²) in [5.74, 6) is -0.212. The number of benzene rings is 3. The second-order valence-corrected chi connectivity index (χ2v) is 11.5. The standard InChI is InChI=1S/C26H28ClN3O3S/c1-17(2)29-11-9-20-14-23(7-4-21(20)16-29)30-12-10-25(26(30)31)28-34(32,33)24-8-5-18-13-22(27)6-3-19(18)15-24/h3-8,13-15,17,25,28H,9-12,16H2,1-2H3/t25-/m0/s1. The van der Waals surface area contributed by atoms with E-state index >= 15 is 0 Å². The number of sulfonamides is 1. The lowest BCUT2D eigenvalue weighted by Gasteiger charge is -2.32. The molecule has 2 aliphatic rings. The summed E-state index contributed by atoms with van der Waals surface area (Å²) < 4.78 is 28.7. The summed E-state index contributed by atoms with van der Waals surface area (Å²) in [6, 6.07) is 16.1. The molecule has 0 aromatic heterocycles. The fraction of sp³-hybridized carbons (Fsp3) is 0.346. The number of fused-ring (bicyclic) bond motifs is 2. The molecule has 2 heterocycles. The van der Waals surface area contributed by atoms with E-state index in [0.29, 0.717) is 24.0 Å². The lowest BCUT2D eigenvalue weighted by Crippen LogP contribution is -2.41. The average Bonchev–Trinajstić information content (AvgIpc) is 3.17. The molecule has 1 N–H and O–H groups in total. The third-order valence-corrected chi connectivity index (χ3v) is 8.57. The van der Waals surface area contributed by atoms with Crippen LogP contribution in [0.5, 0.6) is 0 Å². The van der Waals surface area contributed by atoms with Crippen molar-refractivity contribution in [1.29, 1.82) is 0 Å². The van der Waals surface area contributed by atoms with E-state index in [0.717, 1.165) is 36.0 Å². The lowest BCUT2D eigenvalue weighted by molar-refractivity contribution is -0.118. The molecular weight excluding hydrogens is 470 g/mol. The highest BCUT2D eigenvalue weighted by molar-refractivity contribution is 7.89. The first-order chi connectivity index (χ1) is 16.2. The van der Waals surface area contributed by atoms with Crippen LogP contribution in [0, 0.1) is 0 Å². The molecule has 5 rings (SSSR count). The topological polar surface area (TPSA) is 69.7 Å². The first kappa shape index (κ1) is 23.3. The Morgan fingerprint density at radius 2 is 1.74 bits per heavy atom. The van der Waals surface area contributed by atoms with Crippen molar-refractivity contribution in [2.75, 3.05) is 18.0 Å². The van der Waals surface area contributed by atoms with Crippen LogP contribution in [0.1, 0.15) is 31.4 Å². The van der Waals surface area contributed by atoms with Gasteiger partial charge in [0.2, 0.25) is 15.9 Å². The van der Waals surface area contributed by atoms with Crippen LogP contribution in [0.15, 0.2) is 59.5 Å². The van der Waals surface area contributed by atoms with Crippen molar-refractivity contribution in [2.24, 2.45) is 0 Å². The molecule has 0 saturated carbocycles. The number of rotatable bonds is 5. The Labute approximate surface area is 205 Å². The van der Waals surface area contributed by atoms with Crippen LogP contribution in [0.4, 0.5) is 5.69 Å². The summed E-state index contributed by atoms with van der Waals surface area (Å²) in [6.45, 7) is 6.82. The normalized spacial score (nSPS) is 19.2. The maximum Gasteiger partial charge on any atom is 0.245 e. The van der Waals surface area contributed by atoms with E-state index in [-0.39, 0.29) is 10.8 Å². The zero-order chi connectivity index (χ0) is 24.0. The van der Waals surface area contributed by atoms with E-state index in [2.05, 4.69) is 35.6 Å². The second-order valence-electron chi connectivity index (χ2n) is 9.37. The molecule has 0 bridgehead atoms. The molecule has 0 unspecified atom stereocenters. The molecule has 0 aliphatic carbocycles. The fourth-order valence-electron chi connectivity index (χ4n) is 4.83. The third-order valence-electron chi connectivity index (χ3n) is 6.86. The highest BCUT2D eigenvalue weighted by Gasteiger charge is 2.36. The van der Waals surface area contributed by atoms with Crippen molar-refractivity contribution in [3.63, 3.8) is 0 Å². The number of nitrogens with one attached hydrogen (secondary N) is 1. The first-order valence-electron chi connectivity index (χ1n) is 11.6. The van der Waals surface area contributed by atoms with Gasteiger partial charge in [0.15, 0.2) is 0 Å². The molecule has 2 aliphatic heterocycles. The summed E-state index contributed by atoms with van der Waals surface area (Å²) in [5.41, 5.74) is 3.40. The molecular formula is C26H28ClN3O3S. The van der Waals surface area contributed by atoms with E-state index in [1.165, 1.54) is 11.1 Å². The monoisotopic (exact) mass is 497 g/mol. The quantitative estimate of drug-likeness (QED) is 0.569. The Kier molecular flexibility index (Phi) is 6.14. The molecule has 1 saturated heterocycles. The molecule has 1 amide bonds. The van der Waals surface area contributed by atoms with Crippen LogP contribution in [0.3, 0.4) is 0 Å². The Morgan fingerprint density at radius 1 is 0.971 bits per heavy atom. The van der Waals surface area contributed by atoms with Gasteiger partial charge in [-0.1, -0.05) is 29.8 Å². The Hall–Kier alpha value is -2.45. The van der Waals surface area contributed by atoms with Crippen molar-refractivity contribution in [1.82, 2.24) is 9.62 Å². The van der Waals surface area contributed by atoms with Gasteiger partial charge in [-0.25, -0.2) is 8.42 Å². The number of hydrogen-bond donors (Lipinski definition) is 1. The molecule has 178 valence electrons. The molecule has 34 heavy (non-hydrogen) atoms. The summed E-state index contributed by atoms with van der Waals surface area (Å²) in [4.78, 5) is 17.4. The summed E-state index contributed by atoms with van der Waals surface area (Å²) in [5, 5.41) is 2.23. The predicted molar refractivity (Wildman–Crippen MR) is 136 cm³/mol. The van der Waals surface area contributed by atoms with Gasteiger partial charge in [0.05, 0.1) is 4.90 Å². The van der Waals surface area contributed by atoms with Gasteiger partial charge in [0.25, 0.3) is 0 Å². The SMILES string of the molecule is CC(C)N1CCc2cc(N3CC[C@H](NS(=O)(=O)c4ccc5cc(Cl)ccc5c4)C3=O)ccc2C1. The molecule has 3 aromatic rings. The highest BCUT2D eigenvalue weighted by Crippen LogP contribution is 2.29. The summed E-state index contributed by atoms with van der Waals surface area (Å²) in [6.07, 6.45) is 1.38. The minimum Gasteiger partial charge on any atom is -0.311 e. The predicted octanol–water partition coefficient (Wildman–Crippen LogP) is 4.34. The van der Waals surface area contributed by atoms with Crippen LogP contribution in [-0.2, 0) is 27.8 Å². The highest BCUT2D eigenvalue weighted by atomic mass is 35.5. The zero-order valence-corrected chi connectivity index (χ0v) is 20.9. The maximum atomic E-state index is 13.2. The number of amides is 1. The molecule has 0 spiro atoms. The molecule has 8 heteroatoms. The van der Waals surface area contributed by atoms with Crippen LogP contribution >= 0.6 is 11.6 Å². The van der Waals surface area contributed by atoms with E-state index in [1.54, 1.807) is 41.3 Å². The van der Waals surface area contributed by atoms with Gasteiger partial charge in [-0.05, 0) is 85.0 Å². The number of halogens is 1. The smallest absolute Gasteiger partial charge is 0.245 e. The number of carbonyl (C=O) groups is 1. The zero-order valence-electron chi connectivity index (χ0n) is 19.3. The molecule has 6 nitrogen and oxygen atoms in total. The molecule has 1 fully saturated rings. The van der Waals surface area contributed by atoms with E-state index in [4.69, 9.17) is 11.6 Å². The molecule has 1 atom stereocenters.